The van der Waals surface area contributed by atoms with Crippen molar-refractivity contribution in [2.75, 3.05) is 13.1 Å². The third-order valence-corrected chi connectivity index (χ3v) is 7.03. The van der Waals surface area contributed by atoms with Gasteiger partial charge < -0.3 is 29.9 Å². The Morgan fingerprint density at radius 1 is 1.09 bits per heavy atom. The molecule has 1 saturated carbocycles. The second kappa shape index (κ2) is 11.6. The van der Waals surface area contributed by atoms with Crippen molar-refractivity contribution in [3.63, 3.8) is 0 Å². The number of aliphatic hydroxyl groups excluding tert-OH is 1. The Labute approximate surface area is 206 Å². The lowest BCUT2D eigenvalue weighted by molar-refractivity contribution is 0.0808. The molecule has 190 valence electrons. The quantitative estimate of drug-likeness (QED) is 0.578. The molecule has 2 fully saturated rings. The topological polar surface area (TPSA) is 117 Å². The van der Waals surface area contributed by atoms with Gasteiger partial charge in [-0.2, -0.15) is 0 Å². The number of carbonyl (C=O) groups is 2. The van der Waals surface area contributed by atoms with Crippen LogP contribution in [0.15, 0.2) is 28.8 Å². The molecule has 3 N–H and O–H groups in total. The number of ether oxygens (including phenoxy) is 1. The van der Waals surface area contributed by atoms with Gasteiger partial charge >= 0.3 is 6.03 Å². The van der Waals surface area contributed by atoms with Crippen molar-refractivity contribution in [3.8, 4) is 5.75 Å². The molecular formula is C26H36N4O5. The van der Waals surface area contributed by atoms with Gasteiger partial charge in [-0.1, -0.05) is 24.4 Å². The smallest absolute Gasteiger partial charge is 0.317 e. The number of hydrogen-bond acceptors (Lipinski definition) is 6. The molecule has 1 aliphatic heterocycles. The summed E-state index contributed by atoms with van der Waals surface area (Å²) in [6, 6.07) is 6.43. The summed E-state index contributed by atoms with van der Waals surface area (Å²) in [6.07, 6.45) is 6.07. The van der Waals surface area contributed by atoms with Gasteiger partial charge in [0, 0.05) is 24.7 Å². The number of likely N-dealkylation sites (tertiary alicyclic amines) is 1. The van der Waals surface area contributed by atoms with Gasteiger partial charge in [-0.15, -0.1) is 0 Å². The van der Waals surface area contributed by atoms with Gasteiger partial charge in [-0.05, 0) is 63.8 Å². The van der Waals surface area contributed by atoms with E-state index in [1.807, 2.05) is 13.8 Å². The molecule has 0 bridgehead atoms. The highest BCUT2D eigenvalue weighted by Crippen LogP contribution is 2.20. The maximum Gasteiger partial charge on any atom is 0.317 e. The maximum atomic E-state index is 12.9. The number of nitrogens with zero attached hydrogens (tertiary/aromatic N) is 2. The zero-order valence-corrected chi connectivity index (χ0v) is 20.6. The molecule has 1 saturated heterocycles. The van der Waals surface area contributed by atoms with Crippen LogP contribution in [-0.4, -0.2) is 58.4 Å². The molecule has 4 rings (SSSR count). The Morgan fingerprint density at radius 3 is 2.51 bits per heavy atom. The van der Waals surface area contributed by atoms with Gasteiger partial charge in [0.2, 0.25) is 0 Å². The number of amides is 3. The van der Waals surface area contributed by atoms with E-state index >= 15 is 0 Å². The summed E-state index contributed by atoms with van der Waals surface area (Å²) in [4.78, 5) is 27.5. The summed E-state index contributed by atoms with van der Waals surface area (Å²) >= 11 is 0. The van der Waals surface area contributed by atoms with Crippen LogP contribution < -0.4 is 15.4 Å². The summed E-state index contributed by atoms with van der Waals surface area (Å²) in [7, 11) is 0. The predicted octanol–water partition coefficient (Wildman–Crippen LogP) is 3.47. The van der Waals surface area contributed by atoms with Gasteiger partial charge in [0.05, 0.1) is 23.4 Å². The lowest BCUT2D eigenvalue weighted by atomic mass is 9.96. The molecule has 1 aromatic heterocycles. The molecule has 0 radical (unpaired) electrons. The monoisotopic (exact) mass is 484 g/mol. The fraction of sp³-hybridized carbons (Fsp3) is 0.577. The second-order valence-corrected chi connectivity index (χ2v) is 9.64. The van der Waals surface area contributed by atoms with E-state index in [9.17, 15) is 14.7 Å². The summed E-state index contributed by atoms with van der Waals surface area (Å²) in [5, 5.41) is 20.6. The van der Waals surface area contributed by atoms with E-state index in [0.29, 0.717) is 37.3 Å². The highest BCUT2D eigenvalue weighted by molar-refractivity contribution is 5.94. The number of rotatable bonds is 6. The maximum absolute atomic E-state index is 12.9. The Balaban J connectivity index is 1.32. The average molecular weight is 485 g/mol. The van der Waals surface area contributed by atoms with Gasteiger partial charge in [0.1, 0.15) is 18.1 Å². The molecule has 2 heterocycles. The number of hydrogen-bond donors (Lipinski definition) is 3. The molecule has 2 aromatic rings. The van der Waals surface area contributed by atoms with Crippen LogP contribution >= 0.6 is 0 Å². The zero-order chi connectivity index (χ0) is 24.8. The molecule has 0 spiro atoms. The SMILES string of the molecule is Cc1noc(C)c1COc1ccc(C(=O)N[C@@H]2CN(C(=O)NC3CCCCC3)CCC[C@H]2O)cc1. The van der Waals surface area contributed by atoms with Crippen LogP contribution in [0.1, 0.15) is 72.3 Å². The first-order valence-corrected chi connectivity index (χ1v) is 12.6. The summed E-state index contributed by atoms with van der Waals surface area (Å²) in [6.45, 7) is 4.89. The molecule has 2 atom stereocenters. The minimum Gasteiger partial charge on any atom is -0.489 e. The van der Waals surface area contributed by atoms with Crippen LogP contribution in [0, 0.1) is 13.8 Å². The highest BCUT2D eigenvalue weighted by atomic mass is 16.5. The minimum atomic E-state index is -0.705. The minimum absolute atomic E-state index is 0.106. The van der Waals surface area contributed by atoms with Crippen LogP contribution in [0.3, 0.4) is 0 Å². The Kier molecular flexibility index (Phi) is 8.28. The second-order valence-electron chi connectivity index (χ2n) is 9.64. The van der Waals surface area contributed by atoms with Crippen LogP contribution in [-0.2, 0) is 6.61 Å². The third-order valence-electron chi connectivity index (χ3n) is 7.03. The molecule has 1 aromatic carbocycles. The van der Waals surface area contributed by atoms with Crippen molar-refractivity contribution < 1.29 is 24.0 Å². The molecule has 9 heteroatoms. The number of aliphatic hydroxyl groups is 1. The number of aromatic nitrogens is 1. The van der Waals surface area contributed by atoms with Crippen molar-refractivity contribution in [2.24, 2.45) is 0 Å². The average Bonchev–Trinajstić information content (AvgIpc) is 3.06. The van der Waals surface area contributed by atoms with Gasteiger partial charge in [-0.25, -0.2) is 4.79 Å². The van der Waals surface area contributed by atoms with E-state index in [-0.39, 0.29) is 24.5 Å². The first kappa shape index (κ1) is 25.0. The Hall–Kier alpha value is -3.07. The van der Waals surface area contributed by atoms with Crippen LogP contribution in [0.4, 0.5) is 4.79 Å². The highest BCUT2D eigenvalue weighted by Gasteiger charge is 2.30. The first-order valence-electron chi connectivity index (χ1n) is 12.6. The van der Waals surface area contributed by atoms with E-state index in [1.165, 1.54) is 6.42 Å². The summed E-state index contributed by atoms with van der Waals surface area (Å²) in [5.74, 6) is 1.06. The number of carbonyl (C=O) groups excluding carboxylic acids is 2. The van der Waals surface area contributed by atoms with E-state index in [4.69, 9.17) is 9.26 Å². The molecule has 35 heavy (non-hydrogen) atoms. The van der Waals surface area contributed by atoms with E-state index in [2.05, 4.69) is 15.8 Å². The van der Waals surface area contributed by atoms with Crippen molar-refractivity contribution in [2.45, 2.75) is 83.6 Å². The molecule has 9 nitrogen and oxygen atoms in total. The zero-order valence-electron chi connectivity index (χ0n) is 20.6. The van der Waals surface area contributed by atoms with E-state index < -0.39 is 12.1 Å². The standard InChI is InChI=1S/C26H36N4O5/c1-17-22(18(2)35-29-17)16-34-21-12-10-19(11-13-21)25(32)28-23-15-30(14-6-9-24(23)31)26(33)27-20-7-4-3-5-8-20/h10-13,20,23-24,31H,3-9,14-16H2,1-2H3,(H,27,33)(H,28,32)/t23-,24-/m1/s1. The molecule has 1 aliphatic carbocycles. The van der Waals surface area contributed by atoms with Gasteiger partial charge in [-0.3, -0.25) is 4.79 Å². The van der Waals surface area contributed by atoms with E-state index in [1.54, 1.807) is 29.2 Å². The van der Waals surface area contributed by atoms with Crippen LogP contribution in [0.2, 0.25) is 0 Å². The van der Waals surface area contributed by atoms with Crippen molar-refractivity contribution in [3.05, 3.63) is 46.8 Å². The normalized spacial score (nSPS) is 21.3. The molecule has 3 amide bonds. The van der Waals surface area contributed by atoms with Crippen molar-refractivity contribution in [1.29, 1.82) is 0 Å². The molecule has 0 unspecified atom stereocenters. The van der Waals surface area contributed by atoms with Gasteiger partial charge in [0.25, 0.3) is 5.91 Å². The number of benzene rings is 1. The third kappa shape index (κ3) is 6.54. The molecule has 2 aliphatic rings. The number of nitrogens with one attached hydrogen (secondary N) is 2. The summed E-state index contributed by atoms with van der Waals surface area (Å²) < 4.78 is 11.0. The van der Waals surface area contributed by atoms with Crippen LogP contribution in [0.25, 0.3) is 0 Å². The predicted molar refractivity (Wildman–Crippen MR) is 130 cm³/mol. The Bertz CT molecular complexity index is 980. The van der Waals surface area contributed by atoms with Crippen molar-refractivity contribution in [1.82, 2.24) is 20.7 Å². The fourth-order valence-electron chi connectivity index (χ4n) is 4.80. The fourth-order valence-corrected chi connectivity index (χ4v) is 4.80. The molecular weight excluding hydrogens is 448 g/mol. The lowest BCUT2D eigenvalue weighted by Crippen LogP contribution is -2.53. The summed E-state index contributed by atoms with van der Waals surface area (Å²) in [5.41, 5.74) is 2.16. The number of aryl methyl sites for hydroxylation is 2. The van der Waals surface area contributed by atoms with Crippen molar-refractivity contribution >= 4 is 11.9 Å². The first-order chi connectivity index (χ1) is 16.9. The lowest BCUT2D eigenvalue weighted by Gasteiger charge is -2.30. The van der Waals surface area contributed by atoms with Gasteiger partial charge in [0.15, 0.2) is 0 Å². The van der Waals surface area contributed by atoms with Crippen LogP contribution in [0.5, 0.6) is 5.75 Å². The largest absolute Gasteiger partial charge is 0.489 e. The Morgan fingerprint density at radius 2 is 1.83 bits per heavy atom. The van der Waals surface area contributed by atoms with E-state index in [0.717, 1.165) is 42.7 Å². The number of urea groups is 1.